The fraction of sp³-hybridized carbons (Fsp3) is 0.278. The van der Waals surface area contributed by atoms with E-state index in [1.807, 2.05) is 0 Å². The van der Waals surface area contributed by atoms with Gasteiger partial charge in [0.05, 0.1) is 23.8 Å². The van der Waals surface area contributed by atoms with Gasteiger partial charge in [0.1, 0.15) is 0 Å². The summed E-state index contributed by atoms with van der Waals surface area (Å²) in [7, 11) is -3.82. The third kappa shape index (κ3) is 3.91. The Hall–Kier alpha value is -2.74. The van der Waals surface area contributed by atoms with Crippen LogP contribution in [0.1, 0.15) is 18.9 Å². The molecule has 0 aromatic heterocycles. The van der Waals surface area contributed by atoms with Crippen molar-refractivity contribution >= 4 is 27.3 Å². The molecule has 0 radical (unpaired) electrons. The molecule has 8 heteroatoms. The molecule has 2 aromatic carbocycles. The lowest BCUT2D eigenvalue weighted by Gasteiger charge is -2.15. The Bertz CT molecular complexity index is 941. The van der Waals surface area contributed by atoms with Gasteiger partial charge in [0.25, 0.3) is 10.0 Å². The van der Waals surface area contributed by atoms with E-state index < -0.39 is 10.0 Å². The van der Waals surface area contributed by atoms with Gasteiger partial charge >= 0.3 is 0 Å². The first kappa shape index (κ1) is 18.1. The normalized spacial score (nSPS) is 13.6. The Morgan fingerprint density at radius 1 is 1.04 bits per heavy atom. The minimum Gasteiger partial charge on any atom is -0.490 e. The van der Waals surface area contributed by atoms with E-state index in [0.717, 1.165) is 6.42 Å². The van der Waals surface area contributed by atoms with Crippen molar-refractivity contribution in [2.45, 2.75) is 25.2 Å². The van der Waals surface area contributed by atoms with Gasteiger partial charge in [0, 0.05) is 25.1 Å². The Balaban J connectivity index is 1.90. The highest BCUT2D eigenvalue weighted by molar-refractivity contribution is 7.92. The highest BCUT2D eigenvalue weighted by Crippen LogP contribution is 2.33. The molecule has 0 fully saturated rings. The maximum Gasteiger partial charge on any atom is 0.262 e. The van der Waals surface area contributed by atoms with Crippen molar-refractivity contribution in [3.63, 3.8) is 0 Å². The molecule has 0 saturated heterocycles. The highest BCUT2D eigenvalue weighted by Gasteiger charge is 2.20. The Morgan fingerprint density at radius 3 is 2.46 bits per heavy atom. The molecule has 1 amide bonds. The predicted molar refractivity (Wildman–Crippen MR) is 98.3 cm³/mol. The quantitative estimate of drug-likeness (QED) is 0.856. The summed E-state index contributed by atoms with van der Waals surface area (Å²) >= 11 is 0. The van der Waals surface area contributed by atoms with E-state index in [0.29, 0.717) is 41.7 Å². The van der Waals surface area contributed by atoms with Gasteiger partial charge in [-0.05, 0) is 36.8 Å². The Labute approximate surface area is 152 Å². The number of ether oxygens (including phenoxy) is 2. The summed E-state index contributed by atoms with van der Waals surface area (Å²) in [5, 5.41) is 2.68. The molecule has 2 aromatic rings. The van der Waals surface area contributed by atoms with Crippen LogP contribution in [-0.2, 0) is 14.8 Å². The van der Waals surface area contributed by atoms with Crippen LogP contribution in [-0.4, -0.2) is 27.5 Å². The molecule has 0 spiro atoms. The lowest BCUT2D eigenvalue weighted by atomic mass is 10.1. The minimum atomic E-state index is -3.82. The monoisotopic (exact) mass is 376 g/mol. The summed E-state index contributed by atoms with van der Waals surface area (Å²) in [6.07, 6.45) is 0.740. The standard InChI is InChI=1S/C18H20N2O5S/c1-12-15(19-13(2)21)5-3-6-16(12)20-26(22,23)14-7-8-17-18(11-14)25-10-4-9-24-17/h3,5-8,11,20H,4,9-10H2,1-2H3,(H,19,21). The third-order valence-electron chi connectivity index (χ3n) is 3.92. The molecule has 138 valence electrons. The summed E-state index contributed by atoms with van der Waals surface area (Å²) in [6, 6.07) is 9.54. The zero-order chi connectivity index (χ0) is 18.7. The summed E-state index contributed by atoms with van der Waals surface area (Å²) in [5.41, 5.74) is 1.57. The van der Waals surface area contributed by atoms with E-state index in [1.165, 1.54) is 19.1 Å². The number of nitrogens with one attached hydrogen (secondary N) is 2. The summed E-state index contributed by atoms with van der Waals surface area (Å²) < 4.78 is 39.2. The smallest absolute Gasteiger partial charge is 0.262 e. The van der Waals surface area contributed by atoms with Crippen LogP contribution < -0.4 is 19.5 Å². The number of sulfonamides is 1. The summed E-state index contributed by atoms with van der Waals surface area (Å²) in [4.78, 5) is 11.3. The molecule has 0 saturated carbocycles. The van der Waals surface area contributed by atoms with Crippen molar-refractivity contribution in [2.75, 3.05) is 23.3 Å². The number of carbonyl (C=O) groups excluding carboxylic acids is 1. The van der Waals surface area contributed by atoms with Crippen LogP contribution in [0.15, 0.2) is 41.3 Å². The van der Waals surface area contributed by atoms with Gasteiger partial charge in [0.2, 0.25) is 5.91 Å². The number of carbonyl (C=O) groups is 1. The van der Waals surface area contributed by atoms with Gasteiger partial charge in [0.15, 0.2) is 11.5 Å². The second-order valence-electron chi connectivity index (χ2n) is 5.92. The second-order valence-corrected chi connectivity index (χ2v) is 7.61. The number of anilines is 2. The van der Waals surface area contributed by atoms with Gasteiger partial charge in [-0.15, -0.1) is 0 Å². The SMILES string of the molecule is CC(=O)Nc1cccc(NS(=O)(=O)c2ccc3c(c2)OCCCO3)c1C. The maximum absolute atomic E-state index is 12.8. The zero-order valence-electron chi connectivity index (χ0n) is 14.5. The topological polar surface area (TPSA) is 93.7 Å². The number of hydrogen-bond acceptors (Lipinski definition) is 5. The number of rotatable bonds is 4. The molecular formula is C18H20N2O5S. The molecule has 1 heterocycles. The molecule has 0 aliphatic carbocycles. The van der Waals surface area contributed by atoms with E-state index in [2.05, 4.69) is 10.0 Å². The van der Waals surface area contributed by atoms with Crippen molar-refractivity contribution in [2.24, 2.45) is 0 Å². The van der Waals surface area contributed by atoms with Crippen molar-refractivity contribution in [3.8, 4) is 11.5 Å². The molecule has 2 N–H and O–H groups in total. The van der Waals surface area contributed by atoms with Gasteiger partial charge in [-0.25, -0.2) is 8.42 Å². The lowest BCUT2D eigenvalue weighted by Crippen LogP contribution is -2.15. The van der Waals surface area contributed by atoms with E-state index in [1.54, 1.807) is 31.2 Å². The number of amides is 1. The first-order chi connectivity index (χ1) is 12.4. The fourth-order valence-electron chi connectivity index (χ4n) is 2.59. The zero-order valence-corrected chi connectivity index (χ0v) is 15.4. The highest BCUT2D eigenvalue weighted by atomic mass is 32.2. The van der Waals surface area contributed by atoms with Crippen LogP contribution in [0.2, 0.25) is 0 Å². The number of fused-ring (bicyclic) bond motifs is 1. The third-order valence-corrected chi connectivity index (χ3v) is 5.28. The molecule has 0 bridgehead atoms. The Morgan fingerprint density at radius 2 is 1.73 bits per heavy atom. The van der Waals surface area contributed by atoms with Crippen LogP contribution in [0.4, 0.5) is 11.4 Å². The van der Waals surface area contributed by atoms with Crippen LogP contribution >= 0.6 is 0 Å². The molecule has 0 unspecified atom stereocenters. The molecule has 7 nitrogen and oxygen atoms in total. The minimum absolute atomic E-state index is 0.0751. The molecule has 26 heavy (non-hydrogen) atoms. The number of benzene rings is 2. The molecular weight excluding hydrogens is 356 g/mol. The van der Waals surface area contributed by atoms with Gasteiger partial charge in [-0.2, -0.15) is 0 Å². The maximum atomic E-state index is 12.8. The molecule has 3 rings (SSSR count). The van der Waals surface area contributed by atoms with Gasteiger partial charge in [-0.3, -0.25) is 9.52 Å². The average molecular weight is 376 g/mol. The van der Waals surface area contributed by atoms with Gasteiger partial charge < -0.3 is 14.8 Å². The summed E-state index contributed by atoms with van der Waals surface area (Å²) in [5.74, 6) is 0.718. The first-order valence-electron chi connectivity index (χ1n) is 8.16. The second kappa shape index (κ2) is 7.25. The number of hydrogen-bond donors (Lipinski definition) is 2. The molecule has 1 aliphatic heterocycles. The predicted octanol–water partition coefficient (Wildman–Crippen LogP) is 2.92. The first-order valence-corrected chi connectivity index (χ1v) is 9.65. The molecule has 1 aliphatic rings. The van der Waals surface area contributed by atoms with Crippen molar-refractivity contribution in [3.05, 3.63) is 42.0 Å². The fourth-order valence-corrected chi connectivity index (χ4v) is 3.72. The average Bonchev–Trinajstić information content (AvgIpc) is 2.82. The van der Waals surface area contributed by atoms with Gasteiger partial charge in [-0.1, -0.05) is 6.07 Å². The lowest BCUT2D eigenvalue weighted by molar-refractivity contribution is -0.114. The van der Waals surface area contributed by atoms with E-state index in [4.69, 9.17) is 9.47 Å². The van der Waals surface area contributed by atoms with E-state index >= 15 is 0 Å². The Kier molecular flexibility index (Phi) is 5.03. The molecule has 0 atom stereocenters. The van der Waals surface area contributed by atoms with Crippen molar-refractivity contribution < 1.29 is 22.7 Å². The summed E-state index contributed by atoms with van der Waals surface area (Å²) in [6.45, 7) is 4.14. The van der Waals surface area contributed by atoms with Crippen molar-refractivity contribution in [1.29, 1.82) is 0 Å². The largest absolute Gasteiger partial charge is 0.490 e. The van der Waals surface area contributed by atoms with Crippen molar-refractivity contribution in [1.82, 2.24) is 0 Å². The van der Waals surface area contributed by atoms with E-state index in [-0.39, 0.29) is 10.8 Å². The van der Waals surface area contributed by atoms with Crippen LogP contribution in [0.3, 0.4) is 0 Å². The van der Waals surface area contributed by atoms with Crippen LogP contribution in [0.25, 0.3) is 0 Å². The van der Waals surface area contributed by atoms with Crippen LogP contribution in [0, 0.1) is 6.92 Å². The van der Waals surface area contributed by atoms with E-state index in [9.17, 15) is 13.2 Å². The van der Waals surface area contributed by atoms with Crippen LogP contribution in [0.5, 0.6) is 11.5 Å².